The van der Waals surface area contributed by atoms with Crippen LogP contribution in [0.1, 0.15) is 39.5 Å². The van der Waals surface area contributed by atoms with E-state index < -0.39 is 48.6 Å². The van der Waals surface area contributed by atoms with E-state index >= 15 is 0 Å². The van der Waals surface area contributed by atoms with Crippen molar-refractivity contribution in [2.75, 3.05) is 37.5 Å². The second-order valence-electron chi connectivity index (χ2n) is 11.7. The van der Waals surface area contributed by atoms with Crippen LogP contribution in [0.4, 0.5) is 5.95 Å². The summed E-state index contributed by atoms with van der Waals surface area (Å²) in [4.78, 5) is 35.4. The minimum atomic E-state index is -3.24. The number of anilines is 1. The highest BCUT2D eigenvalue weighted by atomic mass is 32.2. The number of ether oxygens (including phenoxy) is 1. The minimum Gasteiger partial charge on any atom is -0.395 e. The van der Waals surface area contributed by atoms with E-state index in [1.54, 1.807) is 20.8 Å². The average molecular weight is 669 g/mol. The molecule has 248 valence electrons. The Kier molecular flexibility index (Phi) is 11.3. The summed E-state index contributed by atoms with van der Waals surface area (Å²) >= 11 is 1.02. The zero-order chi connectivity index (χ0) is 33.0. The molecule has 7 N–H and O–H groups in total. The molecule has 0 amide bonds. The van der Waals surface area contributed by atoms with Crippen molar-refractivity contribution in [3.8, 4) is 0 Å². The first-order valence-electron chi connectivity index (χ1n) is 14.3. The third kappa shape index (κ3) is 8.20. The summed E-state index contributed by atoms with van der Waals surface area (Å²) in [6, 6.07) is 9.39. The highest BCUT2D eigenvalue weighted by molar-refractivity contribution is 8.13. The van der Waals surface area contributed by atoms with Crippen LogP contribution in [0.3, 0.4) is 0 Å². The molecule has 1 aliphatic rings. The van der Waals surface area contributed by atoms with Crippen LogP contribution in [-0.2, 0) is 25.1 Å². The van der Waals surface area contributed by atoms with Crippen LogP contribution in [-0.4, -0.2) is 101 Å². The van der Waals surface area contributed by atoms with Gasteiger partial charge in [0.25, 0.3) is 5.56 Å². The molecule has 6 unspecified atom stereocenters. The number of H-pyrrole nitrogens is 1. The molecular formula is C28H41N6O9PS. The number of nitrogens with zero attached hydrogens (tertiary/aromatic N) is 4. The Morgan fingerprint density at radius 2 is 2.04 bits per heavy atom. The molecule has 0 aliphatic carbocycles. The Balaban J connectivity index is 1.58. The molecule has 0 saturated carbocycles. The van der Waals surface area contributed by atoms with Crippen molar-refractivity contribution >= 4 is 41.5 Å². The second-order valence-corrected chi connectivity index (χ2v) is 15.2. The molecule has 4 rings (SSSR count). The Bertz CT molecular complexity index is 1580. The number of hydrogen-bond acceptors (Lipinski definition) is 14. The maximum Gasteiger partial charge on any atom is 0.280 e. The van der Waals surface area contributed by atoms with E-state index in [-0.39, 0.29) is 60.5 Å². The van der Waals surface area contributed by atoms with Gasteiger partial charge in [0.2, 0.25) is 13.5 Å². The maximum absolute atomic E-state index is 12.5. The number of fused-ring (bicyclic) bond motifs is 1. The predicted molar refractivity (Wildman–Crippen MR) is 169 cm³/mol. The van der Waals surface area contributed by atoms with E-state index in [1.165, 1.54) is 17.8 Å². The van der Waals surface area contributed by atoms with Gasteiger partial charge in [-0.25, -0.2) is 9.73 Å². The van der Waals surface area contributed by atoms with E-state index in [1.807, 2.05) is 30.3 Å². The van der Waals surface area contributed by atoms with Gasteiger partial charge in [0.1, 0.15) is 17.8 Å². The molecule has 1 aliphatic heterocycles. The molecule has 0 bridgehead atoms. The molecule has 1 saturated heterocycles. The van der Waals surface area contributed by atoms with Crippen LogP contribution in [0, 0.1) is 5.41 Å². The van der Waals surface area contributed by atoms with Crippen molar-refractivity contribution < 1.29 is 39.0 Å². The number of imidazole rings is 1. The number of nitrogens with two attached hydrogens (primary N) is 1. The second kappa shape index (κ2) is 14.4. The molecular weight excluding hydrogens is 627 g/mol. The van der Waals surface area contributed by atoms with Gasteiger partial charge in [-0.1, -0.05) is 42.1 Å². The van der Waals surface area contributed by atoms with Crippen LogP contribution >= 0.6 is 19.3 Å². The topological polar surface area (TPSA) is 228 Å². The van der Waals surface area contributed by atoms with Crippen molar-refractivity contribution in [1.29, 1.82) is 0 Å². The quantitative estimate of drug-likeness (QED) is 0.106. The lowest BCUT2D eigenvalue weighted by atomic mass is 9.96. The number of carbonyl (C=O) groups excluding carboxylic acids is 1. The third-order valence-electron chi connectivity index (χ3n) is 7.26. The fourth-order valence-corrected chi connectivity index (χ4v) is 7.94. The molecule has 1 aromatic carbocycles. The van der Waals surface area contributed by atoms with Crippen LogP contribution in [0.2, 0.25) is 0 Å². The molecule has 0 radical (unpaired) electrons. The zero-order valence-electron chi connectivity index (χ0n) is 25.6. The summed E-state index contributed by atoms with van der Waals surface area (Å²) in [7, 11) is -3.24. The number of aromatic amines is 1. The van der Waals surface area contributed by atoms with Gasteiger partial charge in [0.05, 0.1) is 50.4 Å². The number of hydrogen-bond donors (Lipinski definition) is 6. The summed E-state index contributed by atoms with van der Waals surface area (Å²) in [5.41, 5.74) is 3.28. The highest BCUT2D eigenvalue weighted by Gasteiger charge is 2.54. The number of nitrogen functional groups attached to an aromatic ring is 1. The largest absolute Gasteiger partial charge is 0.395 e. The lowest BCUT2D eigenvalue weighted by Gasteiger charge is -2.28. The van der Waals surface area contributed by atoms with E-state index in [2.05, 4.69) is 15.0 Å². The summed E-state index contributed by atoms with van der Waals surface area (Å²) in [6.45, 7) is 5.94. The predicted octanol–water partition coefficient (Wildman–Crippen LogP) is 1.63. The van der Waals surface area contributed by atoms with Gasteiger partial charge in [-0.05, 0) is 33.3 Å². The summed E-state index contributed by atoms with van der Waals surface area (Å²) in [5.74, 6) is 0.0908. The molecule has 17 heteroatoms. The van der Waals surface area contributed by atoms with E-state index in [9.17, 15) is 30.0 Å². The van der Waals surface area contributed by atoms with Gasteiger partial charge in [0, 0.05) is 5.75 Å². The molecule has 0 spiro atoms. The summed E-state index contributed by atoms with van der Waals surface area (Å²) in [6.07, 6.45) is -3.37. The van der Waals surface area contributed by atoms with E-state index in [0.717, 1.165) is 17.3 Å². The van der Waals surface area contributed by atoms with Crippen LogP contribution in [0.15, 0.2) is 46.2 Å². The third-order valence-corrected chi connectivity index (χ3v) is 11.1. The maximum atomic E-state index is 12.5. The molecule has 6 atom stereocenters. The first-order chi connectivity index (χ1) is 21.2. The van der Waals surface area contributed by atoms with Crippen molar-refractivity contribution in [3.05, 3.63) is 52.6 Å². The number of aliphatic hydroxyl groups is 4. The number of aliphatic hydroxyl groups excluding tert-OH is 3. The molecule has 45 heavy (non-hydrogen) atoms. The number of benzene rings is 1. The summed E-state index contributed by atoms with van der Waals surface area (Å²) in [5, 5.41) is 42.3. The first kappa shape index (κ1) is 35.2. The van der Waals surface area contributed by atoms with Gasteiger partial charge >= 0.3 is 0 Å². The number of rotatable bonds is 14. The number of nitrogens with one attached hydrogen (secondary N) is 1. The SMILES string of the molecule is CC(O)CP(=NCc1ccccc1)(OCCSC(=O)C(C)(C)CO)OCC1OC(n2cnc3c(=O)[nH]c(N)nc32)C(C)(O)C1O. The van der Waals surface area contributed by atoms with Gasteiger partial charge in [-0.2, -0.15) is 4.98 Å². The zero-order valence-corrected chi connectivity index (χ0v) is 27.3. The molecule has 3 aromatic rings. The Labute approximate surface area is 264 Å². The lowest BCUT2D eigenvalue weighted by molar-refractivity contribution is -0.119. The standard InChI is InChI=1S/C28H41N6O9PS/c1-17(36)14-44(31-12-18-8-6-5-7-9-18,41-10-11-45-25(39)27(2,3)15-35)42-13-19-21(37)28(4,40)24(43-19)34-16-30-20-22(34)32-26(29)33-23(20)38/h5-9,16-17,19,21,24,35-37,40H,10-15H2,1-4H3,(H3,29,32,33,38). The lowest BCUT2D eigenvalue weighted by Crippen LogP contribution is -2.44. The Morgan fingerprint density at radius 3 is 2.71 bits per heavy atom. The van der Waals surface area contributed by atoms with Crippen molar-refractivity contribution in [3.63, 3.8) is 0 Å². The van der Waals surface area contributed by atoms with Gasteiger partial charge < -0.3 is 39.9 Å². The average Bonchev–Trinajstić information content (AvgIpc) is 3.50. The van der Waals surface area contributed by atoms with Crippen molar-refractivity contribution in [2.45, 2.75) is 64.4 Å². The number of thioether (sulfide) groups is 1. The van der Waals surface area contributed by atoms with Gasteiger partial charge in [-0.15, -0.1) is 0 Å². The number of carbonyl (C=O) groups is 1. The first-order valence-corrected chi connectivity index (χ1v) is 17.1. The van der Waals surface area contributed by atoms with Crippen LogP contribution < -0.4 is 11.3 Å². The van der Waals surface area contributed by atoms with Crippen molar-refractivity contribution in [1.82, 2.24) is 19.5 Å². The Morgan fingerprint density at radius 1 is 1.33 bits per heavy atom. The smallest absolute Gasteiger partial charge is 0.280 e. The van der Waals surface area contributed by atoms with Gasteiger partial charge in [-0.3, -0.25) is 19.1 Å². The van der Waals surface area contributed by atoms with Gasteiger partial charge in [0.15, 0.2) is 22.5 Å². The van der Waals surface area contributed by atoms with Crippen molar-refractivity contribution in [2.24, 2.45) is 10.2 Å². The fourth-order valence-electron chi connectivity index (χ4n) is 4.65. The normalized spacial score (nSPS) is 24.0. The van der Waals surface area contributed by atoms with Crippen LogP contribution in [0.25, 0.3) is 11.2 Å². The monoisotopic (exact) mass is 668 g/mol. The molecule has 2 aromatic heterocycles. The Hall–Kier alpha value is -2.66. The minimum absolute atomic E-state index is 0.0152. The van der Waals surface area contributed by atoms with E-state index in [4.69, 9.17) is 24.3 Å². The number of aromatic nitrogens is 4. The fraction of sp³-hybridized carbons (Fsp3) is 0.571. The molecule has 15 nitrogen and oxygen atoms in total. The summed E-state index contributed by atoms with van der Waals surface area (Å²) < 4.78 is 24.7. The highest BCUT2D eigenvalue weighted by Crippen LogP contribution is 2.54. The molecule has 1 fully saturated rings. The van der Waals surface area contributed by atoms with E-state index in [0.29, 0.717) is 0 Å². The molecule has 3 heterocycles. The van der Waals surface area contributed by atoms with Crippen LogP contribution in [0.5, 0.6) is 0 Å².